The van der Waals surface area contributed by atoms with E-state index in [0.717, 1.165) is 10.9 Å². The van der Waals surface area contributed by atoms with Crippen molar-refractivity contribution >= 4 is 28.9 Å². The molecular formula is C18H15NO3. The van der Waals surface area contributed by atoms with Gasteiger partial charge in [-0.2, -0.15) is 0 Å². The van der Waals surface area contributed by atoms with Crippen molar-refractivity contribution in [1.29, 1.82) is 0 Å². The fourth-order valence-electron chi connectivity index (χ4n) is 2.24. The first-order valence-corrected chi connectivity index (χ1v) is 7.07. The number of esters is 1. The Morgan fingerprint density at radius 3 is 2.86 bits per heavy atom. The molecule has 0 N–H and O–H groups in total. The van der Waals surface area contributed by atoms with Crippen molar-refractivity contribution in [3.63, 3.8) is 0 Å². The Morgan fingerprint density at radius 1 is 1.18 bits per heavy atom. The third-order valence-electron chi connectivity index (χ3n) is 3.26. The van der Waals surface area contributed by atoms with Crippen molar-refractivity contribution in [3.8, 4) is 0 Å². The van der Waals surface area contributed by atoms with Gasteiger partial charge in [-0.05, 0) is 29.3 Å². The lowest BCUT2D eigenvalue weighted by Gasteiger charge is -2.00. The summed E-state index contributed by atoms with van der Waals surface area (Å²) in [7, 11) is 0. The Morgan fingerprint density at radius 2 is 2.00 bits per heavy atom. The second-order valence-corrected chi connectivity index (χ2v) is 4.74. The summed E-state index contributed by atoms with van der Waals surface area (Å²) >= 11 is 0. The molecule has 0 fully saturated rings. The predicted molar refractivity (Wildman–Crippen MR) is 85.3 cm³/mol. The second kappa shape index (κ2) is 6.26. The molecule has 4 nitrogen and oxygen atoms in total. The van der Waals surface area contributed by atoms with Crippen molar-refractivity contribution in [2.24, 2.45) is 0 Å². The summed E-state index contributed by atoms with van der Waals surface area (Å²) in [5, 5.41) is 6.04. The lowest BCUT2D eigenvalue weighted by Crippen LogP contribution is -2.04. The van der Waals surface area contributed by atoms with Crippen LogP contribution in [0.2, 0.25) is 0 Å². The molecule has 0 aliphatic rings. The summed E-state index contributed by atoms with van der Waals surface area (Å²) in [5.74, 6) is 0.0343. The van der Waals surface area contributed by atoms with E-state index in [0.29, 0.717) is 12.4 Å². The highest BCUT2D eigenvalue weighted by molar-refractivity contribution is 5.93. The van der Waals surface area contributed by atoms with Gasteiger partial charge in [0.05, 0.1) is 6.61 Å². The largest absolute Gasteiger partial charge is 0.461 e. The van der Waals surface area contributed by atoms with Crippen molar-refractivity contribution in [3.05, 3.63) is 65.5 Å². The highest BCUT2D eigenvalue weighted by Gasteiger charge is 2.11. The maximum Gasteiger partial charge on any atom is 0.360 e. The number of ether oxygens (including phenoxy) is 1. The SMILES string of the molecule is CCOC(=O)c1cc(/C=C/c2cccc3ccccc23)on1. The van der Waals surface area contributed by atoms with Crippen LogP contribution in [-0.4, -0.2) is 17.7 Å². The molecule has 3 rings (SSSR count). The van der Waals surface area contributed by atoms with E-state index in [1.165, 1.54) is 5.39 Å². The molecule has 0 aliphatic carbocycles. The van der Waals surface area contributed by atoms with Gasteiger partial charge in [0.1, 0.15) is 0 Å². The summed E-state index contributed by atoms with van der Waals surface area (Å²) in [4.78, 5) is 11.5. The number of carbonyl (C=O) groups is 1. The normalized spacial score (nSPS) is 11.1. The zero-order valence-electron chi connectivity index (χ0n) is 12.2. The average Bonchev–Trinajstić information content (AvgIpc) is 3.02. The topological polar surface area (TPSA) is 52.3 Å². The van der Waals surface area contributed by atoms with E-state index in [9.17, 15) is 4.79 Å². The highest BCUT2D eigenvalue weighted by atomic mass is 16.5. The summed E-state index contributed by atoms with van der Waals surface area (Å²) in [6.45, 7) is 2.06. The average molecular weight is 293 g/mol. The number of nitrogens with zero attached hydrogens (tertiary/aromatic N) is 1. The van der Waals surface area contributed by atoms with Crippen molar-refractivity contribution in [2.75, 3.05) is 6.61 Å². The van der Waals surface area contributed by atoms with Gasteiger partial charge in [-0.15, -0.1) is 0 Å². The van der Waals surface area contributed by atoms with Crippen LogP contribution in [0, 0.1) is 0 Å². The maximum atomic E-state index is 11.5. The smallest absolute Gasteiger partial charge is 0.360 e. The summed E-state index contributed by atoms with van der Waals surface area (Å²) in [5.41, 5.74) is 1.26. The van der Waals surface area contributed by atoms with Gasteiger partial charge < -0.3 is 9.26 Å². The maximum absolute atomic E-state index is 11.5. The van der Waals surface area contributed by atoms with Crippen LogP contribution in [0.25, 0.3) is 22.9 Å². The van der Waals surface area contributed by atoms with E-state index in [1.54, 1.807) is 19.1 Å². The van der Waals surface area contributed by atoms with Gasteiger partial charge in [0, 0.05) is 6.07 Å². The molecule has 0 atom stereocenters. The van der Waals surface area contributed by atoms with Crippen LogP contribution in [0.5, 0.6) is 0 Å². The van der Waals surface area contributed by atoms with Gasteiger partial charge in [-0.1, -0.05) is 53.7 Å². The number of aromatic nitrogens is 1. The number of benzene rings is 2. The Labute approximate surface area is 128 Å². The van der Waals surface area contributed by atoms with E-state index in [4.69, 9.17) is 9.26 Å². The number of fused-ring (bicyclic) bond motifs is 1. The van der Waals surface area contributed by atoms with Crippen LogP contribution in [0.15, 0.2) is 53.1 Å². The zero-order chi connectivity index (χ0) is 15.4. The minimum atomic E-state index is -0.476. The van der Waals surface area contributed by atoms with Crippen LogP contribution in [0.1, 0.15) is 28.7 Å². The molecule has 4 heteroatoms. The van der Waals surface area contributed by atoms with E-state index >= 15 is 0 Å². The predicted octanol–water partition coefficient (Wildman–Crippen LogP) is 4.17. The van der Waals surface area contributed by atoms with Gasteiger partial charge in [0.15, 0.2) is 11.5 Å². The molecule has 0 spiro atoms. The molecule has 0 bridgehead atoms. The molecule has 110 valence electrons. The molecule has 1 aromatic heterocycles. The monoisotopic (exact) mass is 293 g/mol. The Kier molecular flexibility index (Phi) is 4.01. The Bertz CT molecular complexity index is 828. The van der Waals surface area contributed by atoms with Crippen LogP contribution in [-0.2, 0) is 4.74 Å². The molecule has 0 amide bonds. The second-order valence-electron chi connectivity index (χ2n) is 4.74. The number of rotatable bonds is 4. The summed E-state index contributed by atoms with van der Waals surface area (Å²) in [6.07, 6.45) is 3.73. The highest BCUT2D eigenvalue weighted by Crippen LogP contribution is 2.20. The van der Waals surface area contributed by atoms with E-state index in [-0.39, 0.29) is 5.69 Å². The molecule has 2 aromatic carbocycles. The van der Waals surface area contributed by atoms with Crippen LogP contribution >= 0.6 is 0 Å². The van der Waals surface area contributed by atoms with E-state index < -0.39 is 5.97 Å². The number of hydrogen-bond acceptors (Lipinski definition) is 4. The molecule has 0 aliphatic heterocycles. The van der Waals surface area contributed by atoms with Crippen molar-refractivity contribution in [2.45, 2.75) is 6.92 Å². The first kappa shape index (κ1) is 14.1. The number of carbonyl (C=O) groups excluding carboxylic acids is 1. The minimum absolute atomic E-state index is 0.180. The van der Waals surface area contributed by atoms with Crippen molar-refractivity contribution in [1.82, 2.24) is 5.16 Å². The van der Waals surface area contributed by atoms with Gasteiger partial charge >= 0.3 is 5.97 Å². The van der Waals surface area contributed by atoms with Gasteiger partial charge in [0.25, 0.3) is 0 Å². The number of hydrogen-bond donors (Lipinski definition) is 0. The first-order valence-electron chi connectivity index (χ1n) is 7.07. The fraction of sp³-hybridized carbons (Fsp3) is 0.111. The Hall–Kier alpha value is -2.88. The van der Waals surface area contributed by atoms with Crippen LogP contribution < -0.4 is 0 Å². The minimum Gasteiger partial charge on any atom is -0.461 e. The molecule has 0 saturated heterocycles. The third-order valence-corrected chi connectivity index (χ3v) is 3.26. The molecule has 3 aromatic rings. The van der Waals surface area contributed by atoms with Gasteiger partial charge in [0.2, 0.25) is 0 Å². The van der Waals surface area contributed by atoms with E-state index in [2.05, 4.69) is 23.4 Å². The molecular weight excluding hydrogens is 278 g/mol. The van der Waals surface area contributed by atoms with Crippen LogP contribution in [0.3, 0.4) is 0 Å². The first-order chi connectivity index (χ1) is 10.8. The Balaban J connectivity index is 1.86. The van der Waals surface area contributed by atoms with Gasteiger partial charge in [-0.25, -0.2) is 4.79 Å². The summed E-state index contributed by atoms with van der Waals surface area (Å²) in [6, 6.07) is 15.8. The lowest BCUT2D eigenvalue weighted by molar-refractivity contribution is 0.0514. The zero-order valence-corrected chi connectivity index (χ0v) is 12.2. The molecule has 1 heterocycles. The lowest BCUT2D eigenvalue weighted by atomic mass is 10.0. The van der Waals surface area contributed by atoms with E-state index in [1.807, 2.05) is 30.3 Å². The molecule has 0 radical (unpaired) electrons. The molecule has 0 unspecified atom stereocenters. The molecule has 0 saturated carbocycles. The van der Waals surface area contributed by atoms with Crippen LogP contribution in [0.4, 0.5) is 0 Å². The quantitative estimate of drug-likeness (QED) is 0.677. The molecule has 22 heavy (non-hydrogen) atoms. The van der Waals surface area contributed by atoms with Gasteiger partial charge in [-0.3, -0.25) is 0 Å². The third kappa shape index (κ3) is 2.91. The fourth-order valence-corrected chi connectivity index (χ4v) is 2.24. The van der Waals surface area contributed by atoms with Crippen molar-refractivity contribution < 1.29 is 14.1 Å². The summed E-state index contributed by atoms with van der Waals surface area (Å²) < 4.78 is 10.0. The standard InChI is InChI=1S/C18H15NO3/c1-2-21-18(20)17-12-15(22-19-17)11-10-14-8-5-7-13-6-3-4-9-16(13)14/h3-12H,2H2,1H3/b11-10+.